The van der Waals surface area contributed by atoms with Crippen LogP contribution in [0.5, 0.6) is 0 Å². The number of benzene rings is 1. The molecule has 23 heavy (non-hydrogen) atoms. The van der Waals surface area contributed by atoms with Gasteiger partial charge >= 0.3 is 0 Å². The fourth-order valence-corrected chi connectivity index (χ4v) is 5.34. The molecule has 0 saturated carbocycles. The molecule has 1 unspecified atom stereocenters. The summed E-state index contributed by atoms with van der Waals surface area (Å²) in [5, 5.41) is 4.30. The second kappa shape index (κ2) is 5.81. The van der Waals surface area contributed by atoms with E-state index in [-0.39, 0.29) is 11.5 Å². The lowest BCUT2D eigenvalue weighted by molar-refractivity contribution is 0.310. The maximum atomic E-state index is 12.9. The van der Waals surface area contributed by atoms with Gasteiger partial charge in [-0.3, -0.25) is 0 Å². The van der Waals surface area contributed by atoms with Crippen LogP contribution in [0.3, 0.4) is 0 Å². The van der Waals surface area contributed by atoms with Gasteiger partial charge in [-0.05, 0) is 25.1 Å². The van der Waals surface area contributed by atoms with Crippen molar-refractivity contribution in [3.63, 3.8) is 0 Å². The number of fused-ring (bicyclic) bond motifs is 1. The topological polar surface area (TPSA) is 62.3 Å². The Morgan fingerprint density at radius 1 is 1.35 bits per heavy atom. The molecule has 7 heteroatoms. The standard InChI is InChI=1S/C16H23N3O2S2/c1-11-10-19(8-7-17-11)23(20,21)12-5-6-13-14(9-12)22-15(18-13)16(2,3)4/h5-6,9,11,17H,7-8,10H2,1-4H3. The normalized spacial score (nSPS) is 21.0. The maximum absolute atomic E-state index is 12.9. The van der Waals surface area contributed by atoms with Crippen LogP contribution < -0.4 is 5.32 Å². The number of aromatic nitrogens is 1. The molecule has 0 bridgehead atoms. The Kier molecular flexibility index (Phi) is 4.25. The van der Waals surface area contributed by atoms with Crippen LogP contribution in [-0.4, -0.2) is 43.4 Å². The summed E-state index contributed by atoms with van der Waals surface area (Å²) in [5.74, 6) is 0. The van der Waals surface area contributed by atoms with Gasteiger partial charge < -0.3 is 5.32 Å². The van der Waals surface area contributed by atoms with Crippen LogP contribution in [0.25, 0.3) is 10.2 Å². The SMILES string of the molecule is CC1CN(S(=O)(=O)c2ccc3nc(C(C)(C)C)sc3c2)CCN1. The summed E-state index contributed by atoms with van der Waals surface area (Å²) < 4.78 is 28.2. The molecule has 1 N–H and O–H groups in total. The van der Waals surface area contributed by atoms with Gasteiger partial charge in [0, 0.05) is 31.1 Å². The molecule has 3 rings (SSSR count). The summed E-state index contributed by atoms with van der Waals surface area (Å²) in [7, 11) is -3.44. The summed E-state index contributed by atoms with van der Waals surface area (Å²) in [6.45, 7) is 10.1. The number of thiazole rings is 1. The Hall–Kier alpha value is -1.02. The zero-order valence-corrected chi connectivity index (χ0v) is 15.6. The predicted octanol–water partition coefficient (Wildman–Crippen LogP) is 2.58. The van der Waals surface area contributed by atoms with Gasteiger partial charge in [0.1, 0.15) is 0 Å². The average Bonchev–Trinajstić information content (AvgIpc) is 2.90. The molecule has 126 valence electrons. The highest BCUT2D eigenvalue weighted by molar-refractivity contribution is 7.89. The van der Waals surface area contributed by atoms with Crippen molar-refractivity contribution in [3.05, 3.63) is 23.2 Å². The highest BCUT2D eigenvalue weighted by Gasteiger charge is 2.29. The first-order chi connectivity index (χ1) is 10.7. The van der Waals surface area contributed by atoms with E-state index in [1.165, 1.54) is 0 Å². The molecular formula is C16H23N3O2S2. The van der Waals surface area contributed by atoms with E-state index in [4.69, 9.17) is 0 Å². The molecule has 1 aliphatic rings. The lowest BCUT2D eigenvalue weighted by Gasteiger charge is -2.30. The molecule has 1 aromatic heterocycles. The zero-order chi connectivity index (χ0) is 16.8. The number of hydrogen-bond acceptors (Lipinski definition) is 5. The summed E-state index contributed by atoms with van der Waals surface area (Å²) in [6, 6.07) is 5.44. The third kappa shape index (κ3) is 3.28. The Balaban J connectivity index is 1.99. The molecule has 1 atom stereocenters. The average molecular weight is 354 g/mol. The van der Waals surface area contributed by atoms with Crippen molar-refractivity contribution < 1.29 is 8.42 Å². The maximum Gasteiger partial charge on any atom is 0.243 e. The minimum atomic E-state index is -3.44. The van der Waals surface area contributed by atoms with Gasteiger partial charge in [-0.1, -0.05) is 20.8 Å². The van der Waals surface area contributed by atoms with Gasteiger partial charge in [-0.15, -0.1) is 11.3 Å². The molecule has 0 radical (unpaired) electrons. The first-order valence-corrected chi connectivity index (χ1v) is 10.1. The van der Waals surface area contributed by atoms with E-state index in [9.17, 15) is 8.42 Å². The van der Waals surface area contributed by atoms with Crippen molar-refractivity contribution >= 4 is 31.6 Å². The highest BCUT2D eigenvalue weighted by atomic mass is 32.2. The second-order valence-corrected chi connectivity index (χ2v) is 10.1. The third-order valence-corrected chi connectivity index (χ3v) is 7.28. The third-order valence-electron chi connectivity index (χ3n) is 3.97. The van der Waals surface area contributed by atoms with Crippen molar-refractivity contribution in [2.75, 3.05) is 19.6 Å². The van der Waals surface area contributed by atoms with E-state index < -0.39 is 10.0 Å². The summed E-state index contributed by atoms with van der Waals surface area (Å²) >= 11 is 1.58. The molecular weight excluding hydrogens is 330 g/mol. The van der Waals surface area contributed by atoms with Crippen LogP contribution in [-0.2, 0) is 15.4 Å². The van der Waals surface area contributed by atoms with Crippen LogP contribution in [0, 0.1) is 0 Å². The van der Waals surface area contributed by atoms with Crippen molar-refractivity contribution in [1.29, 1.82) is 0 Å². The largest absolute Gasteiger partial charge is 0.312 e. The number of nitrogens with zero attached hydrogens (tertiary/aromatic N) is 2. The fraction of sp³-hybridized carbons (Fsp3) is 0.562. The summed E-state index contributed by atoms with van der Waals surface area (Å²) in [5.41, 5.74) is 0.837. The quantitative estimate of drug-likeness (QED) is 0.901. The molecule has 1 fully saturated rings. The minimum absolute atomic E-state index is 0.0311. The minimum Gasteiger partial charge on any atom is -0.312 e. The Labute approximate surface area is 141 Å². The van der Waals surface area contributed by atoms with E-state index in [1.807, 2.05) is 13.0 Å². The van der Waals surface area contributed by atoms with Gasteiger partial charge in [-0.2, -0.15) is 4.31 Å². The molecule has 1 aromatic carbocycles. The van der Waals surface area contributed by atoms with E-state index in [0.717, 1.165) is 15.2 Å². The van der Waals surface area contributed by atoms with Crippen molar-refractivity contribution in [2.24, 2.45) is 0 Å². The molecule has 1 saturated heterocycles. The van der Waals surface area contributed by atoms with Gasteiger partial charge in [0.2, 0.25) is 10.0 Å². The Bertz CT molecular complexity index is 821. The predicted molar refractivity (Wildman–Crippen MR) is 94.5 cm³/mol. The number of rotatable bonds is 2. The van der Waals surface area contributed by atoms with Crippen LogP contribution >= 0.6 is 11.3 Å². The fourth-order valence-electron chi connectivity index (χ4n) is 2.65. The summed E-state index contributed by atoms with van der Waals surface area (Å²) in [4.78, 5) is 5.00. The molecule has 0 aliphatic carbocycles. The van der Waals surface area contributed by atoms with E-state index in [1.54, 1.807) is 27.8 Å². The first-order valence-electron chi connectivity index (χ1n) is 7.82. The lowest BCUT2D eigenvalue weighted by Crippen LogP contribution is -2.51. The van der Waals surface area contributed by atoms with Gasteiger partial charge in [0.05, 0.1) is 20.1 Å². The number of sulfonamides is 1. The molecule has 0 spiro atoms. The molecule has 2 aromatic rings. The Morgan fingerprint density at radius 2 is 2.09 bits per heavy atom. The number of piperazine rings is 1. The van der Waals surface area contributed by atoms with Crippen molar-refractivity contribution in [1.82, 2.24) is 14.6 Å². The van der Waals surface area contributed by atoms with E-state index in [0.29, 0.717) is 24.5 Å². The van der Waals surface area contributed by atoms with E-state index in [2.05, 4.69) is 31.1 Å². The van der Waals surface area contributed by atoms with Crippen molar-refractivity contribution in [3.8, 4) is 0 Å². The molecule has 0 amide bonds. The van der Waals surface area contributed by atoms with Crippen molar-refractivity contribution in [2.45, 2.75) is 44.0 Å². The first kappa shape index (κ1) is 16.8. The second-order valence-electron chi connectivity index (χ2n) is 7.12. The van der Waals surface area contributed by atoms with Crippen LogP contribution in [0.2, 0.25) is 0 Å². The number of hydrogen-bond donors (Lipinski definition) is 1. The Morgan fingerprint density at radius 3 is 2.74 bits per heavy atom. The van der Waals surface area contributed by atoms with Crippen LogP contribution in [0.1, 0.15) is 32.7 Å². The zero-order valence-electron chi connectivity index (χ0n) is 14.0. The van der Waals surface area contributed by atoms with E-state index >= 15 is 0 Å². The molecule has 2 heterocycles. The highest BCUT2D eigenvalue weighted by Crippen LogP contribution is 2.32. The van der Waals surface area contributed by atoms with Gasteiger partial charge in [-0.25, -0.2) is 13.4 Å². The smallest absolute Gasteiger partial charge is 0.243 e. The van der Waals surface area contributed by atoms with Crippen LogP contribution in [0.15, 0.2) is 23.1 Å². The summed E-state index contributed by atoms with van der Waals surface area (Å²) in [6.07, 6.45) is 0. The van der Waals surface area contributed by atoms with Crippen LogP contribution in [0.4, 0.5) is 0 Å². The number of nitrogens with one attached hydrogen (secondary N) is 1. The monoisotopic (exact) mass is 353 g/mol. The molecule has 1 aliphatic heterocycles. The molecule has 5 nitrogen and oxygen atoms in total. The lowest BCUT2D eigenvalue weighted by atomic mass is 9.98. The van der Waals surface area contributed by atoms with Gasteiger partial charge in [0.15, 0.2) is 0 Å². The van der Waals surface area contributed by atoms with Gasteiger partial charge in [0.25, 0.3) is 0 Å².